The van der Waals surface area contributed by atoms with Crippen molar-refractivity contribution >= 4 is 5.69 Å². The van der Waals surface area contributed by atoms with Gasteiger partial charge in [0, 0.05) is 38.9 Å². The fourth-order valence-electron chi connectivity index (χ4n) is 2.09. The van der Waals surface area contributed by atoms with E-state index in [4.69, 9.17) is 0 Å². The van der Waals surface area contributed by atoms with Crippen LogP contribution in [0, 0.1) is 0 Å². The molecular weight excluding hydrogens is 184 g/mol. The molecular formula is C13H18N2. The number of likely N-dealkylation sites (N-methyl/N-ethyl adjacent to an activating group) is 1. The monoisotopic (exact) mass is 202 g/mol. The molecule has 1 aromatic rings. The summed E-state index contributed by atoms with van der Waals surface area (Å²) >= 11 is 0. The molecule has 0 unspecified atom stereocenters. The van der Waals surface area contributed by atoms with Gasteiger partial charge in [0.25, 0.3) is 0 Å². The van der Waals surface area contributed by atoms with Crippen molar-refractivity contribution < 1.29 is 0 Å². The van der Waals surface area contributed by atoms with Crippen molar-refractivity contribution in [3.05, 3.63) is 42.5 Å². The van der Waals surface area contributed by atoms with Crippen molar-refractivity contribution in [3.63, 3.8) is 0 Å². The summed E-state index contributed by atoms with van der Waals surface area (Å²) < 4.78 is 0. The molecule has 0 radical (unpaired) electrons. The Labute approximate surface area is 91.8 Å². The Hall–Kier alpha value is -1.28. The standard InChI is InChI=1S/C13H18N2/c1-3-8-15-10-9-14(2)13-7-5-4-6-12(13)11-15/h3-7H,1,8-11H2,2H3. The summed E-state index contributed by atoms with van der Waals surface area (Å²) in [5.41, 5.74) is 2.78. The predicted octanol–water partition coefficient (Wildman–Crippen LogP) is 2.12. The Morgan fingerprint density at radius 2 is 2.13 bits per heavy atom. The normalized spacial score (nSPS) is 17.0. The lowest BCUT2D eigenvalue weighted by atomic mass is 10.1. The Morgan fingerprint density at radius 1 is 1.33 bits per heavy atom. The number of hydrogen-bond acceptors (Lipinski definition) is 2. The van der Waals surface area contributed by atoms with Crippen molar-refractivity contribution in [2.45, 2.75) is 6.54 Å². The Bertz CT molecular complexity index is 346. The highest BCUT2D eigenvalue weighted by Crippen LogP contribution is 2.23. The van der Waals surface area contributed by atoms with E-state index >= 15 is 0 Å². The number of benzene rings is 1. The Kier molecular flexibility index (Phi) is 3.07. The van der Waals surface area contributed by atoms with E-state index in [0.29, 0.717) is 0 Å². The van der Waals surface area contributed by atoms with E-state index in [9.17, 15) is 0 Å². The number of hydrogen-bond donors (Lipinski definition) is 0. The van der Waals surface area contributed by atoms with Gasteiger partial charge < -0.3 is 4.90 Å². The molecule has 1 heterocycles. The SMILES string of the molecule is C=CCN1CCN(C)c2ccccc2C1. The molecule has 2 heteroatoms. The number of anilines is 1. The van der Waals surface area contributed by atoms with Crippen LogP contribution in [0.2, 0.25) is 0 Å². The number of rotatable bonds is 2. The molecule has 1 aromatic carbocycles. The van der Waals surface area contributed by atoms with E-state index in [1.807, 2.05) is 6.08 Å². The molecule has 0 N–H and O–H groups in total. The van der Waals surface area contributed by atoms with Crippen LogP contribution in [-0.4, -0.2) is 31.6 Å². The van der Waals surface area contributed by atoms with Gasteiger partial charge in [-0.15, -0.1) is 6.58 Å². The van der Waals surface area contributed by atoms with Crippen molar-refractivity contribution in [1.82, 2.24) is 4.90 Å². The van der Waals surface area contributed by atoms with E-state index < -0.39 is 0 Å². The van der Waals surface area contributed by atoms with Gasteiger partial charge >= 0.3 is 0 Å². The topological polar surface area (TPSA) is 6.48 Å². The lowest BCUT2D eigenvalue weighted by Gasteiger charge is -2.19. The predicted molar refractivity (Wildman–Crippen MR) is 65.2 cm³/mol. The average Bonchev–Trinajstić information content (AvgIpc) is 2.40. The summed E-state index contributed by atoms with van der Waals surface area (Å²) in [6.45, 7) is 8.01. The van der Waals surface area contributed by atoms with Crippen LogP contribution in [0.5, 0.6) is 0 Å². The molecule has 1 aliphatic heterocycles. The molecule has 0 aliphatic carbocycles. The third kappa shape index (κ3) is 2.21. The van der Waals surface area contributed by atoms with Crippen LogP contribution in [0.1, 0.15) is 5.56 Å². The van der Waals surface area contributed by atoms with Gasteiger partial charge in [-0.25, -0.2) is 0 Å². The number of fused-ring (bicyclic) bond motifs is 1. The summed E-state index contributed by atoms with van der Waals surface area (Å²) in [4.78, 5) is 4.76. The van der Waals surface area contributed by atoms with E-state index in [-0.39, 0.29) is 0 Å². The second-order valence-electron chi connectivity index (χ2n) is 4.07. The lowest BCUT2D eigenvalue weighted by molar-refractivity contribution is 0.309. The molecule has 0 aromatic heterocycles. The van der Waals surface area contributed by atoms with Crippen LogP contribution in [0.25, 0.3) is 0 Å². The largest absolute Gasteiger partial charge is 0.373 e. The van der Waals surface area contributed by atoms with Crippen molar-refractivity contribution in [1.29, 1.82) is 0 Å². The zero-order valence-electron chi connectivity index (χ0n) is 9.32. The Morgan fingerprint density at radius 3 is 2.93 bits per heavy atom. The molecule has 80 valence electrons. The second-order valence-corrected chi connectivity index (χ2v) is 4.07. The van der Waals surface area contributed by atoms with Crippen LogP contribution >= 0.6 is 0 Å². The first-order valence-corrected chi connectivity index (χ1v) is 5.43. The highest BCUT2D eigenvalue weighted by molar-refractivity contribution is 5.53. The molecule has 0 spiro atoms. The van der Waals surface area contributed by atoms with Crippen LogP contribution in [0.15, 0.2) is 36.9 Å². The molecule has 2 rings (SSSR count). The molecule has 15 heavy (non-hydrogen) atoms. The minimum absolute atomic E-state index is 0.974. The third-order valence-electron chi connectivity index (χ3n) is 2.94. The average molecular weight is 202 g/mol. The first-order valence-electron chi connectivity index (χ1n) is 5.43. The van der Waals surface area contributed by atoms with Crippen molar-refractivity contribution in [3.8, 4) is 0 Å². The molecule has 2 nitrogen and oxygen atoms in total. The summed E-state index contributed by atoms with van der Waals surface area (Å²) in [7, 11) is 2.16. The van der Waals surface area contributed by atoms with Crippen molar-refractivity contribution in [2.24, 2.45) is 0 Å². The van der Waals surface area contributed by atoms with Gasteiger partial charge in [0.1, 0.15) is 0 Å². The zero-order valence-corrected chi connectivity index (χ0v) is 9.32. The van der Waals surface area contributed by atoms with Crippen molar-refractivity contribution in [2.75, 3.05) is 31.6 Å². The fourth-order valence-corrected chi connectivity index (χ4v) is 2.09. The lowest BCUT2D eigenvalue weighted by Crippen LogP contribution is -2.29. The fraction of sp³-hybridized carbons (Fsp3) is 0.385. The molecule has 0 amide bonds. The molecule has 1 aliphatic rings. The van der Waals surface area contributed by atoms with Gasteiger partial charge in [-0.05, 0) is 11.6 Å². The highest BCUT2D eigenvalue weighted by Gasteiger charge is 2.15. The minimum atomic E-state index is 0.974. The van der Waals surface area contributed by atoms with Gasteiger partial charge in [0.05, 0.1) is 0 Å². The van der Waals surface area contributed by atoms with Gasteiger partial charge in [0.15, 0.2) is 0 Å². The van der Waals surface area contributed by atoms with E-state index in [0.717, 1.165) is 26.2 Å². The summed E-state index contributed by atoms with van der Waals surface area (Å²) in [6.07, 6.45) is 1.98. The summed E-state index contributed by atoms with van der Waals surface area (Å²) in [5, 5.41) is 0. The first kappa shape index (κ1) is 10.2. The molecule has 0 saturated heterocycles. The number of nitrogens with zero attached hydrogens (tertiary/aromatic N) is 2. The maximum atomic E-state index is 3.81. The maximum Gasteiger partial charge on any atom is 0.0409 e. The van der Waals surface area contributed by atoms with E-state index in [1.54, 1.807) is 0 Å². The summed E-state index contributed by atoms with van der Waals surface area (Å²) in [6, 6.07) is 8.64. The molecule has 0 atom stereocenters. The smallest absolute Gasteiger partial charge is 0.0409 e. The van der Waals surface area contributed by atoms with Gasteiger partial charge in [-0.3, -0.25) is 4.90 Å². The second kappa shape index (κ2) is 4.49. The van der Waals surface area contributed by atoms with Gasteiger partial charge in [-0.1, -0.05) is 24.3 Å². The molecule has 0 saturated carbocycles. The first-order chi connectivity index (χ1) is 7.31. The Balaban J connectivity index is 2.25. The third-order valence-corrected chi connectivity index (χ3v) is 2.94. The maximum absolute atomic E-state index is 3.81. The summed E-state index contributed by atoms with van der Waals surface area (Å²) in [5.74, 6) is 0. The van der Waals surface area contributed by atoms with Crippen LogP contribution in [-0.2, 0) is 6.54 Å². The van der Waals surface area contributed by atoms with Gasteiger partial charge in [0.2, 0.25) is 0 Å². The van der Waals surface area contributed by atoms with Crippen LogP contribution in [0.3, 0.4) is 0 Å². The van der Waals surface area contributed by atoms with Crippen LogP contribution < -0.4 is 4.90 Å². The highest BCUT2D eigenvalue weighted by atomic mass is 15.2. The van der Waals surface area contributed by atoms with E-state index in [1.165, 1.54) is 11.3 Å². The minimum Gasteiger partial charge on any atom is -0.373 e. The zero-order chi connectivity index (χ0) is 10.7. The molecule has 0 bridgehead atoms. The number of para-hydroxylation sites is 1. The molecule has 0 fully saturated rings. The van der Waals surface area contributed by atoms with Gasteiger partial charge in [-0.2, -0.15) is 0 Å². The van der Waals surface area contributed by atoms with Crippen LogP contribution in [0.4, 0.5) is 5.69 Å². The van der Waals surface area contributed by atoms with E-state index in [2.05, 4.69) is 47.7 Å². The quantitative estimate of drug-likeness (QED) is 0.678.